The number of ether oxygens (including phenoxy) is 2. The summed E-state index contributed by atoms with van der Waals surface area (Å²) in [7, 11) is 1.57. The molecule has 0 aliphatic heterocycles. The molecule has 4 nitrogen and oxygen atoms in total. The molecule has 0 radical (unpaired) electrons. The number of hydrogen-bond donors (Lipinski definition) is 0. The second-order valence-electron chi connectivity index (χ2n) is 5.72. The molecule has 0 N–H and O–H groups in total. The second-order valence-corrected chi connectivity index (χ2v) is 5.72. The molecular weight excluding hydrogens is 340 g/mol. The fourth-order valence-electron chi connectivity index (χ4n) is 2.46. The van der Waals surface area contributed by atoms with Crippen LogP contribution in [0.2, 0.25) is 0 Å². The van der Waals surface area contributed by atoms with E-state index >= 15 is 0 Å². The Morgan fingerprint density at radius 2 is 1.44 bits per heavy atom. The predicted octanol–water partition coefficient (Wildman–Crippen LogP) is 4.81. The Labute approximate surface area is 157 Å². The zero-order valence-electron chi connectivity index (χ0n) is 14.8. The fourth-order valence-corrected chi connectivity index (χ4v) is 2.46. The molecule has 0 aliphatic rings. The molecule has 4 heteroatoms. The number of ketones is 1. The van der Waals surface area contributed by atoms with Gasteiger partial charge >= 0.3 is 5.97 Å². The lowest BCUT2D eigenvalue weighted by molar-refractivity contribution is 0.0734. The molecule has 0 amide bonds. The molecule has 0 bridgehead atoms. The van der Waals surface area contributed by atoms with Gasteiger partial charge in [-0.05, 0) is 54.6 Å². The number of methoxy groups -OCH3 is 1. The molecular formula is C23H18O4. The third kappa shape index (κ3) is 4.70. The first-order chi connectivity index (χ1) is 13.2. The van der Waals surface area contributed by atoms with Crippen molar-refractivity contribution in [3.05, 3.63) is 102 Å². The van der Waals surface area contributed by atoms with Gasteiger partial charge < -0.3 is 9.47 Å². The number of benzene rings is 3. The maximum Gasteiger partial charge on any atom is 0.343 e. The van der Waals surface area contributed by atoms with Crippen LogP contribution in [0.5, 0.6) is 11.5 Å². The highest BCUT2D eigenvalue weighted by Crippen LogP contribution is 2.21. The van der Waals surface area contributed by atoms with Gasteiger partial charge in [0, 0.05) is 11.1 Å². The van der Waals surface area contributed by atoms with Crippen molar-refractivity contribution in [2.24, 2.45) is 0 Å². The molecule has 0 aromatic heterocycles. The van der Waals surface area contributed by atoms with Gasteiger partial charge in [0.25, 0.3) is 0 Å². The van der Waals surface area contributed by atoms with E-state index in [9.17, 15) is 9.59 Å². The van der Waals surface area contributed by atoms with Gasteiger partial charge in [0.05, 0.1) is 12.7 Å². The van der Waals surface area contributed by atoms with Crippen LogP contribution in [-0.2, 0) is 0 Å². The summed E-state index contributed by atoms with van der Waals surface area (Å²) in [6, 6.07) is 22.7. The Hall–Kier alpha value is -3.66. The maximum absolute atomic E-state index is 12.3. The normalized spacial score (nSPS) is 10.6. The van der Waals surface area contributed by atoms with Gasteiger partial charge in [-0.2, -0.15) is 0 Å². The van der Waals surface area contributed by atoms with Crippen molar-refractivity contribution in [2.75, 3.05) is 7.11 Å². The van der Waals surface area contributed by atoms with Crippen LogP contribution < -0.4 is 9.47 Å². The highest BCUT2D eigenvalue weighted by molar-refractivity contribution is 6.07. The molecule has 0 saturated heterocycles. The third-order valence-electron chi connectivity index (χ3n) is 3.92. The molecule has 0 heterocycles. The SMILES string of the molecule is COc1ccc(C(=O)/C=C/c2ccccc2OC(=O)c2ccccc2)cc1. The van der Waals surface area contributed by atoms with Crippen molar-refractivity contribution in [3.63, 3.8) is 0 Å². The van der Waals surface area contributed by atoms with E-state index in [2.05, 4.69) is 0 Å². The largest absolute Gasteiger partial charge is 0.497 e. The van der Waals surface area contributed by atoms with Crippen LogP contribution in [0.4, 0.5) is 0 Å². The number of allylic oxidation sites excluding steroid dienone is 1. The average Bonchev–Trinajstić information content (AvgIpc) is 2.73. The Bertz CT molecular complexity index is 957. The van der Waals surface area contributed by atoms with E-state index in [-0.39, 0.29) is 5.78 Å². The Balaban J connectivity index is 1.76. The molecule has 0 saturated carbocycles. The van der Waals surface area contributed by atoms with E-state index in [4.69, 9.17) is 9.47 Å². The molecule has 0 unspecified atom stereocenters. The predicted molar refractivity (Wildman–Crippen MR) is 104 cm³/mol. The lowest BCUT2D eigenvalue weighted by Crippen LogP contribution is -2.08. The van der Waals surface area contributed by atoms with Gasteiger partial charge in [0.2, 0.25) is 0 Å². The van der Waals surface area contributed by atoms with Crippen LogP contribution in [0.3, 0.4) is 0 Å². The number of para-hydroxylation sites is 1. The number of carbonyl (C=O) groups is 2. The number of rotatable bonds is 6. The van der Waals surface area contributed by atoms with E-state index in [1.54, 1.807) is 79.9 Å². The topological polar surface area (TPSA) is 52.6 Å². The van der Waals surface area contributed by atoms with Crippen molar-refractivity contribution in [1.82, 2.24) is 0 Å². The van der Waals surface area contributed by atoms with Crippen LogP contribution >= 0.6 is 0 Å². The summed E-state index contributed by atoms with van der Waals surface area (Å²) < 4.78 is 10.6. The van der Waals surface area contributed by atoms with Gasteiger partial charge in [-0.25, -0.2) is 4.79 Å². The van der Waals surface area contributed by atoms with E-state index < -0.39 is 5.97 Å². The quantitative estimate of drug-likeness (QED) is 0.275. The summed E-state index contributed by atoms with van der Waals surface area (Å²) >= 11 is 0. The van der Waals surface area contributed by atoms with Crippen molar-refractivity contribution in [1.29, 1.82) is 0 Å². The van der Waals surface area contributed by atoms with Crippen LogP contribution in [0, 0.1) is 0 Å². The van der Waals surface area contributed by atoms with Crippen LogP contribution in [0.15, 0.2) is 84.9 Å². The summed E-state index contributed by atoms with van der Waals surface area (Å²) in [5.41, 5.74) is 1.65. The van der Waals surface area contributed by atoms with E-state index in [1.807, 2.05) is 12.1 Å². The van der Waals surface area contributed by atoms with Crippen LogP contribution in [0.1, 0.15) is 26.3 Å². The molecule has 3 rings (SSSR count). The van der Waals surface area contributed by atoms with E-state index in [0.717, 1.165) is 0 Å². The Morgan fingerprint density at radius 3 is 2.15 bits per heavy atom. The minimum atomic E-state index is -0.446. The first kappa shape index (κ1) is 18.1. The van der Waals surface area contributed by atoms with Crippen molar-refractivity contribution < 1.29 is 19.1 Å². The minimum absolute atomic E-state index is 0.151. The lowest BCUT2D eigenvalue weighted by atomic mass is 10.1. The number of esters is 1. The van der Waals surface area contributed by atoms with Gasteiger partial charge in [-0.15, -0.1) is 0 Å². The van der Waals surface area contributed by atoms with Crippen molar-refractivity contribution in [2.45, 2.75) is 0 Å². The van der Waals surface area contributed by atoms with Gasteiger partial charge in [0.1, 0.15) is 11.5 Å². The standard InChI is InChI=1S/C23H18O4/c1-26-20-14-11-17(12-15-20)21(24)16-13-18-7-5-6-10-22(18)27-23(25)19-8-3-2-4-9-19/h2-16H,1H3/b16-13+. The molecule has 0 spiro atoms. The third-order valence-corrected chi connectivity index (χ3v) is 3.92. The van der Waals surface area contributed by atoms with E-state index in [0.29, 0.717) is 28.2 Å². The highest BCUT2D eigenvalue weighted by Gasteiger charge is 2.10. The van der Waals surface area contributed by atoms with E-state index in [1.165, 1.54) is 6.08 Å². The molecule has 0 fully saturated rings. The van der Waals surface area contributed by atoms with Gasteiger partial charge in [-0.1, -0.05) is 36.4 Å². The smallest absolute Gasteiger partial charge is 0.343 e. The molecule has 0 atom stereocenters. The second kappa shape index (κ2) is 8.63. The fraction of sp³-hybridized carbons (Fsp3) is 0.0435. The van der Waals surface area contributed by atoms with Gasteiger partial charge in [-0.3, -0.25) is 4.79 Å². The number of hydrogen-bond acceptors (Lipinski definition) is 4. The monoisotopic (exact) mass is 358 g/mol. The lowest BCUT2D eigenvalue weighted by Gasteiger charge is -2.07. The van der Waals surface area contributed by atoms with Crippen molar-refractivity contribution >= 4 is 17.8 Å². The minimum Gasteiger partial charge on any atom is -0.497 e. The average molecular weight is 358 g/mol. The summed E-state index contributed by atoms with van der Waals surface area (Å²) in [4.78, 5) is 24.6. The Kier molecular flexibility index (Phi) is 5.80. The van der Waals surface area contributed by atoms with Crippen molar-refractivity contribution in [3.8, 4) is 11.5 Å². The molecule has 3 aromatic rings. The zero-order valence-corrected chi connectivity index (χ0v) is 14.8. The molecule has 27 heavy (non-hydrogen) atoms. The summed E-state index contributed by atoms with van der Waals surface area (Å²) in [6.07, 6.45) is 3.09. The molecule has 3 aromatic carbocycles. The highest BCUT2D eigenvalue weighted by atomic mass is 16.5. The molecule has 134 valence electrons. The zero-order chi connectivity index (χ0) is 19.1. The van der Waals surface area contributed by atoms with Gasteiger partial charge in [0.15, 0.2) is 5.78 Å². The van der Waals surface area contributed by atoms with Crippen LogP contribution in [0.25, 0.3) is 6.08 Å². The Morgan fingerprint density at radius 1 is 0.778 bits per heavy atom. The first-order valence-electron chi connectivity index (χ1n) is 8.40. The molecule has 0 aliphatic carbocycles. The summed E-state index contributed by atoms with van der Waals surface area (Å²) in [5.74, 6) is 0.485. The summed E-state index contributed by atoms with van der Waals surface area (Å²) in [6.45, 7) is 0. The maximum atomic E-state index is 12.3. The van der Waals surface area contributed by atoms with Crippen LogP contribution in [-0.4, -0.2) is 18.9 Å². The summed E-state index contributed by atoms with van der Waals surface area (Å²) in [5, 5.41) is 0. The first-order valence-corrected chi connectivity index (χ1v) is 8.40. The number of carbonyl (C=O) groups excluding carboxylic acids is 2.